The molecule has 1 heterocycles. The van der Waals surface area contributed by atoms with E-state index >= 15 is 0 Å². The fourth-order valence-corrected chi connectivity index (χ4v) is 2.23. The van der Waals surface area contributed by atoms with Crippen LogP contribution in [0.3, 0.4) is 0 Å². The number of hydrogen-bond donors (Lipinski definition) is 1. The number of carbonyl (C=O) groups excluding carboxylic acids is 1. The van der Waals surface area contributed by atoms with Crippen molar-refractivity contribution in [2.45, 2.75) is 33.7 Å². The average molecular weight is 299 g/mol. The number of hydrogen-bond acceptors (Lipinski definition) is 4. The number of aryl methyl sites for hydroxylation is 3. The molecule has 0 aliphatic rings. The van der Waals surface area contributed by atoms with Crippen molar-refractivity contribution in [3.8, 4) is 5.75 Å². The molecule has 0 unspecified atom stereocenters. The SMILES string of the molecule is CCc1nc(C)ncc1C(=O)NCc1ccc(C)c(OC)c1. The van der Waals surface area contributed by atoms with E-state index in [1.807, 2.05) is 39.0 Å². The van der Waals surface area contributed by atoms with E-state index in [4.69, 9.17) is 4.74 Å². The van der Waals surface area contributed by atoms with Crippen molar-refractivity contribution in [3.63, 3.8) is 0 Å². The molecule has 0 fully saturated rings. The van der Waals surface area contributed by atoms with Crippen LogP contribution in [-0.4, -0.2) is 23.0 Å². The third-order valence-electron chi connectivity index (χ3n) is 3.49. The van der Waals surface area contributed by atoms with E-state index in [2.05, 4.69) is 15.3 Å². The number of aromatic nitrogens is 2. The van der Waals surface area contributed by atoms with Crippen LogP contribution in [0.4, 0.5) is 0 Å². The minimum atomic E-state index is -0.156. The van der Waals surface area contributed by atoms with Crippen molar-refractivity contribution in [2.24, 2.45) is 0 Å². The van der Waals surface area contributed by atoms with Crippen molar-refractivity contribution in [1.82, 2.24) is 15.3 Å². The van der Waals surface area contributed by atoms with E-state index in [-0.39, 0.29) is 5.91 Å². The van der Waals surface area contributed by atoms with Crippen molar-refractivity contribution < 1.29 is 9.53 Å². The molecule has 0 radical (unpaired) electrons. The maximum absolute atomic E-state index is 12.3. The van der Waals surface area contributed by atoms with Gasteiger partial charge in [-0.3, -0.25) is 4.79 Å². The summed E-state index contributed by atoms with van der Waals surface area (Å²) in [7, 11) is 1.64. The number of amides is 1. The first-order chi connectivity index (χ1) is 10.5. The van der Waals surface area contributed by atoms with Crippen LogP contribution >= 0.6 is 0 Å². The van der Waals surface area contributed by atoms with Gasteiger partial charge in [-0.25, -0.2) is 9.97 Å². The molecule has 0 bridgehead atoms. The summed E-state index contributed by atoms with van der Waals surface area (Å²) in [6.07, 6.45) is 2.29. The van der Waals surface area contributed by atoms with Gasteiger partial charge in [0.1, 0.15) is 11.6 Å². The third-order valence-corrected chi connectivity index (χ3v) is 3.49. The van der Waals surface area contributed by atoms with Gasteiger partial charge in [-0.1, -0.05) is 19.1 Å². The Kier molecular flexibility index (Phi) is 5.09. The number of methoxy groups -OCH3 is 1. The van der Waals surface area contributed by atoms with E-state index < -0.39 is 0 Å². The molecule has 0 aliphatic carbocycles. The number of carbonyl (C=O) groups is 1. The summed E-state index contributed by atoms with van der Waals surface area (Å²) < 4.78 is 5.29. The Morgan fingerprint density at radius 2 is 2.09 bits per heavy atom. The molecule has 1 aromatic carbocycles. The van der Waals surface area contributed by atoms with Crippen LogP contribution in [0.5, 0.6) is 5.75 Å². The van der Waals surface area contributed by atoms with Crippen molar-refractivity contribution in [1.29, 1.82) is 0 Å². The molecule has 2 aromatic rings. The summed E-state index contributed by atoms with van der Waals surface area (Å²) in [5.41, 5.74) is 3.36. The zero-order valence-electron chi connectivity index (χ0n) is 13.4. The van der Waals surface area contributed by atoms with Gasteiger partial charge >= 0.3 is 0 Å². The Hall–Kier alpha value is -2.43. The average Bonchev–Trinajstić information content (AvgIpc) is 2.53. The number of nitrogens with one attached hydrogen (secondary N) is 1. The lowest BCUT2D eigenvalue weighted by Crippen LogP contribution is -2.25. The molecule has 0 saturated carbocycles. The lowest BCUT2D eigenvalue weighted by molar-refractivity contribution is 0.0949. The summed E-state index contributed by atoms with van der Waals surface area (Å²) in [5.74, 6) is 1.34. The third kappa shape index (κ3) is 3.61. The van der Waals surface area contributed by atoms with E-state index in [0.29, 0.717) is 24.4 Å². The van der Waals surface area contributed by atoms with Gasteiger partial charge in [0.2, 0.25) is 0 Å². The summed E-state index contributed by atoms with van der Waals surface area (Å²) in [6.45, 7) is 6.22. The van der Waals surface area contributed by atoms with Crippen LogP contribution in [0.1, 0.15) is 39.9 Å². The zero-order valence-corrected chi connectivity index (χ0v) is 13.4. The van der Waals surface area contributed by atoms with Gasteiger partial charge in [0, 0.05) is 12.7 Å². The highest BCUT2D eigenvalue weighted by Crippen LogP contribution is 2.19. The lowest BCUT2D eigenvalue weighted by Gasteiger charge is -2.10. The molecule has 2 rings (SSSR count). The molecule has 5 nitrogen and oxygen atoms in total. The van der Waals surface area contributed by atoms with Gasteiger partial charge in [0.25, 0.3) is 5.91 Å². The second-order valence-corrected chi connectivity index (χ2v) is 5.12. The van der Waals surface area contributed by atoms with Gasteiger partial charge in [-0.15, -0.1) is 0 Å². The Morgan fingerprint density at radius 3 is 2.77 bits per heavy atom. The van der Waals surface area contributed by atoms with Crippen molar-refractivity contribution >= 4 is 5.91 Å². The molecular weight excluding hydrogens is 278 g/mol. The Labute approximate surface area is 130 Å². The molecule has 1 amide bonds. The number of rotatable bonds is 5. The smallest absolute Gasteiger partial charge is 0.254 e. The first-order valence-electron chi connectivity index (χ1n) is 7.29. The zero-order chi connectivity index (χ0) is 16.1. The van der Waals surface area contributed by atoms with Crippen LogP contribution in [0.25, 0.3) is 0 Å². The summed E-state index contributed by atoms with van der Waals surface area (Å²) in [6, 6.07) is 5.89. The van der Waals surface area contributed by atoms with Gasteiger partial charge in [-0.2, -0.15) is 0 Å². The molecule has 1 aromatic heterocycles. The largest absolute Gasteiger partial charge is 0.496 e. The molecular formula is C17H21N3O2. The second kappa shape index (κ2) is 7.02. The highest BCUT2D eigenvalue weighted by molar-refractivity contribution is 5.94. The molecule has 1 N–H and O–H groups in total. The topological polar surface area (TPSA) is 64.1 Å². The normalized spacial score (nSPS) is 10.4. The maximum atomic E-state index is 12.3. The number of nitrogens with zero attached hydrogens (tertiary/aromatic N) is 2. The molecule has 0 atom stereocenters. The van der Waals surface area contributed by atoms with E-state index in [1.165, 1.54) is 0 Å². The first kappa shape index (κ1) is 15.9. The molecule has 0 aliphatic heterocycles. The van der Waals surface area contributed by atoms with Crippen LogP contribution in [0, 0.1) is 13.8 Å². The minimum absolute atomic E-state index is 0.156. The van der Waals surface area contributed by atoms with Gasteiger partial charge in [0.15, 0.2) is 0 Å². The molecule has 5 heteroatoms. The second-order valence-electron chi connectivity index (χ2n) is 5.12. The van der Waals surface area contributed by atoms with Crippen LogP contribution in [0.15, 0.2) is 24.4 Å². The van der Waals surface area contributed by atoms with Crippen LogP contribution in [-0.2, 0) is 13.0 Å². The van der Waals surface area contributed by atoms with Gasteiger partial charge in [0.05, 0.1) is 18.4 Å². The molecule has 0 saturated heterocycles. The molecule has 0 spiro atoms. The standard InChI is InChI=1S/C17H21N3O2/c1-5-15-14(10-18-12(3)20-15)17(21)19-9-13-7-6-11(2)16(8-13)22-4/h6-8,10H,5,9H2,1-4H3,(H,19,21). The quantitative estimate of drug-likeness (QED) is 0.921. The molecule has 22 heavy (non-hydrogen) atoms. The van der Waals surface area contributed by atoms with E-state index in [0.717, 1.165) is 22.6 Å². The number of ether oxygens (including phenoxy) is 1. The fourth-order valence-electron chi connectivity index (χ4n) is 2.23. The fraction of sp³-hybridized carbons (Fsp3) is 0.353. The minimum Gasteiger partial charge on any atom is -0.496 e. The summed E-state index contributed by atoms with van der Waals surface area (Å²) in [4.78, 5) is 20.7. The van der Waals surface area contributed by atoms with Crippen molar-refractivity contribution in [2.75, 3.05) is 7.11 Å². The highest BCUT2D eigenvalue weighted by Gasteiger charge is 2.12. The lowest BCUT2D eigenvalue weighted by atomic mass is 10.1. The Bertz CT molecular complexity index is 684. The Balaban J connectivity index is 2.10. The summed E-state index contributed by atoms with van der Waals surface area (Å²) >= 11 is 0. The van der Waals surface area contributed by atoms with Gasteiger partial charge in [-0.05, 0) is 37.5 Å². The monoisotopic (exact) mass is 299 g/mol. The Morgan fingerprint density at radius 1 is 1.32 bits per heavy atom. The van der Waals surface area contributed by atoms with E-state index in [9.17, 15) is 4.79 Å². The predicted molar refractivity (Wildman–Crippen MR) is 85.0 cm³/mol. The summed E-state index contributed by atoms with van der Waals surface area (Å²) in [5, 5.41) is 2.91. The van der Waals surface area contributed by atoms with Gasteiger partial charge < -0.3 is 10.1 Å². The van der Waals surface area contributed by atoms with E-state index in [1.54, 1.807) is 13.3 Å². The first-order valence-corrected chi connectivity index (χ1v) is 7.29. The van der Waals surface area contributed by atoms with Crippen molar-refractivity contribution in [3.05, 3.63) is 52.6 Å². The number of benzene rings is 1. The predicted octanol–water partition coefficient (Wildman–Crippen LogP) is 2.59. The maximum Gasteiger partial charge on any atom is 0.254 e. The molecule has 116 valence electrons. The van der Waals surface area contributed by atoms with Crippen LogP contribution < -0.4 is 10.1 Å². The van der Waals surface area contributed by atoms with Crippen LogP contribution in [0.2, 0.25) is 0 Å². The highest BCUT2D eigenvalue weighted by atomic mass is 16.5.